The van der Waals surface area contributed by atoms with Crippen molar-refractivity contribution in [3.05, 3.63) is 197 Å². The van der Waals surface area contributed by atoms with E-state index in [0.29, 0.717) is 0 Å². The number of aliphatic imine (C=N–C) groups is 2. The Morgan fingerprint density at radius 3 is 2.27 bits per heavy atom. The Morgan fingerprint density at radius 2 is 1.45 bits per heavy atom. The number of rotatable bonds is 5. The molecular formula is C46H34N4S. The molecule has 0 saturated heterocycles. The summed E-state index contributed by atoms with van der Waals surface area (Å²) in [4.78, 5) is 12.8. The molecule has 1 aliphatic carbocycles. The van der Waals surface area contributed by atoms with Gasteiger partial charge in [0.05, 0.1) is 0 Å². The van der Waals surface area contributed by atoms with Gasteiger partial charge < -0.3 is 10.2 Å². The number of fused-ring (bicyclic) bond motifs is 6. The average Bonchev–Trinajstić information content (AvgIpc) is 3.70. The minimum Gasteiger partial charge on any atom is -0.344 e. The van der Waals surface area contributed by atoms with E-state index in [9.17, 15) is 0 Å². The van der Waals surface area contributed by atoms with Crippen LogP contribution in [-0.2, 0) is 5.41 Å². The number of hydrogen-bond acceptors (Lipinski definition) is 5. The predicted molar refractivity (Wildman–Crippen MR) is 214 cm³/mol. The lowest BCUT2D eigenvalue weighted by Crippen LogP contribution is -2.33. The molecule has 6 aromatic carbocycles. The Hall–Kier alpha value is -6.04. The second-order valence-electron chi connectivity index (χ2n) is 13.7. The van der Waals surface area contributed by atoms with Gasteiger partial charge >= 0.3 is 0 Å². The first-order valence-corrected chi connectivity index (χ1v) is 18.3. The first-order valence-electron chi connectivity index (χ1n) is 17.5. The van der Waals surface area contributed by atoms with E-state index in [-0.39, 0.29) is 11.6 Å². The lowest BCUT2D eigenvalue weighted by atomic mass is 9.72. The first-order chi connectivity index (χ1) is 25.1. The smallest absolute Gasteiger partial charge is 0.160 e. The van der Waals surface area contributed by atoms with Crippen molar-refractivity contribution in [2.45, 2.75) is 24.9 Å². The Kier molecular flexibility index (Phi) is 6.90. The lowest BCUT2D eigenvalue weighted by molar-refractivity contribution is 0.586. The topological polar surface area (TPSA) is 40.0 Å². The SMILES string of the molecule is CC12CC(c3ccc4sc5c(C6=NC(c7ccccc7)NC(c7ccccc7)=N6)cccc5c4c3)=CC=C1N(c1ccccc1)c1ccccc12. The summed E-state index contributed by atoms with van der Waals surface area (Å²) in [6.45, 7) is 2.41. The molecule has 0 saturated carbocycles. The van der Waals surface area contributed by atoms with Gasteiger partial charge in [0.2, 0.25) is 0 Å². The number of amidine groups is 2. The van der Waals surface area contributed by atoms with Crippen LogP contribution in [0.4, 0.5) is 11.4 Å². The van der Waals surface area contributed by atoms with Crippen LogP contribution < -0.4 is 10.2 Å². The second-order valence-corrected chi connectivity index (χ2v) is 14.7. The van der Waals surface area contributed by atoms with Crippen molar-refractivity contribution in [1.82, 2.24) is 5.32 Å². The zero-order valence-corrected chi connectivity index (χ0v) is 28.9. The maximum Gasteiger partial charge on any atom is 0.160 e. The number of benzene rings is 6. The van der Waals surface area contributed by atoms with Crippen LogP contribution in [0.5, 0.6) is 0 Å². The molecule has 0 fully saturated rings. The molecule has 0 bridgehead atoms. The third-order valence-corrected chi connectivity index (χ3v) is 11.8. The zero-order valence-electron chi connectivity index (χ0n) is 28.1. The van der Waals surface area contributed by atoms with Crippen LogP contribution in [0.2, 0.25) is 0 Å². The van der Waals surface area contributed by atoms with Gasteiger partial charge in [0.1, 0.15) is 12.0 Å². The molecule has 3 aliphatic rings. The standard InChI is InChI=1S/C46H34N4S/c1-46-29-33(25-27-41(46)50(34-18-9-4-10-19-34)39-23-12-11-22-38(39)46)32-24-26-40-37(28-32)35-20-13-21-36(42(35)51-40)45-48-43(30-14-5-2-6-15-30)47-44(49-45)31-16-7-3-8-17-31/h2-28,43H,29H2,1H3,(H,47,48,49). The molecule has 3 heterocycles. The van der Waals surface area contributed by atoms with Gasteiger partial charge in [-0.1, -0.05) is 121 Å². The monoisotopic (exact) mass is 674 g/mol. The summed E-state index contributed by atoms with van der Waals surface area (Å²) in [5, 5.41) is 6.11. The highest BCUT2D eigenvalue weighted by molar-refractivity contribution is 7.26. The van der Waals surface area contributed by atoms with Crippen molar-refractivity contribution in [2.75, 3.05) is 4.90 Å². The summed E-state index contributed by atoms with van der Waals surface area (Å²) >= 11 is 1.83. The highest BCUT2D eigenvalue weighted by atomic mass is 32.1. The van der Waals surface area contributed by atoms with E-state index >= 15 is 0 Å². The Balaban J connectivity index is 1.07. The Labute approximate surface area is 301 Å². The number of para-hydroxylation sites is 2. The first kappa shape index (κ1) is 29.8. The number of thiophene rings is 1. The third-order valence-electron chi connectivity index (χ3n) is 10.6. The Bertz CT molecular complexity index is 2600. The van der Waals surface area contributed by atoms with Crippen LogP contribution >= 0.6 is 11.3 Å². The van der Waals surface area contributed by atoms with E-state index < -0.39 is 0 Å². The van der Waals surface area contributed by atoms with Crippen LogP contribution in [0.3, 0.4) is 0 Å². The molecule has 2 unspecified atom stereocenters. The average molecular weight is 675 g/mol. The molecule has 2 aliphatic heterocycles. The molecule has 2 atom stereocenters. The summed E-state index contributed by atoms with van der Waals surface area (Å²) in [6.07, 6.45) is 5.38. The molecule has 4 nitrogen and oxygen atoms in total. The molecular weight excluding hydrogens is 641 g/mol. The number of allylic oxidation sites excluding steroid dienone is 4. The van der Waals surface area contributed by atoms with E-state index in [1.165, 1.54) is 53.9 Å². The largest absolute Gasteiger partial charge is 0.344 e. The Morgan fingerprint density at radius 1 is 0.706 bits per heavy atom. The van der Waals surface area contributed by atoms with Crippen molar-refractivity contribution in [3.63, 3.8) is 0 Å². The van der Waals surface area contributed by atoms with Gasteiger partial charge in [0.15, 0.2) is 5.84 Å². The molecule has 244 valence electrons. The number of nitrogens with zero attached hydrogens (tertiary/aromatic N) is 3. The molecule has 5 heteroatoms. The normalized spacial score (nSPS) is 19.5. The van der Waals surface area contributed by atoms with Gasteiger partial charge in [-0.25, -0.2) is 9.98 Å². The van der Waals surface area contributed by atoms with Gasteiger partial charge in [0, 0.05) is 53.8 Å². The van der Waals surface area contributed by atoms with Crippen LogP contribution in [0.1, 0.15) is 47.3 Å². The predicted octanol–water partition coefficient (Wildman–Crippen LogP) is 11.3. The third kappa shape index (κ3) is 4.88. The van der Waals surface area contributed by atoms with Crippen molar-refractivity contribution in [1.29, 1.82) is 0 Å². The summed E-state index contributed by atoms with van der Waals surface area (Å²) in [5.41, 5.74) is 10.9. The highest BCUT2D eigenvalue weighted by Gasteiger charge is 2.45. The maximum atomic E-state index is 5.20. The minimum atomic E-state index is -0.235. The molecule has 51 heavy (non-hydrogen) atoms. The number of anilines is 2. The quantitative estimate of drug-likeness (QED) is 0.197. The summed E-state index contributed by atoms with van der Waals surface area (Å²) < 4.78 is 2.48. The molecule has 10 rings (SSSR count). The fourth-order valence-corrected chi connectivity index (χ4v) is 9.25. The van der Waals surface area contributed by atoms with E-state index in [4.69, 9.17) is 9.98 Å². The van der Waals surface area contributed by atoms with E-state index in [2.05, 4.69) is 169 Å². The van der Waals surface area contributed by atoms with Gasteiger partial charge in [0.25, 0.3) is 0 Å². The molecule has 1 aromatic heterocycles. The van der Waals surface area contributed by atoms with Crippen LogP contribution in [-0.4, -0.2) is 11.7 Å². The van der Waals surface area contributed by atoms with Crippen molar-refractivity contribution < 1.29 is 0 Å². The number of nitrogens with one attached hydrogen (secondary N) is 1. The van der Waals surface area contributed by atoms with E-state index in [0.717, 1.165) is 34.8 Å². The van der Waals surface area contributed by atoms with Crippen LogP contribution in [0.15, 0.2) is 179 Å². The van der Waals surface area contributed by atoms with Crippen LogP contribution in [0.25, 0.3) is 25.7 Å². The van der Waals surface area contributed by atoms with Gasteiger partial charge in [-0.15, -0.1) is 11.3 Å². The lowest BCUT2D eigenvalue weighted by Gasteiger charge is -2.34. The van der Waals surface area contributed by atoms with Gasteiger partial charge in [-0.2, -0.15) is 0 Å². The molecule has 1 N–H and O–H groups in total. The highest BCUT2D eigenvalue weighted by Crippen LogP contribution is 2.56. The second kappa shape index (κ2) is 11.8. The van der Waals surface area contributed by atoms with E-state index in [1.54, 1.807) is 0 Å². The molecule has 0 amide bonds. The van der Waals surface area contributed by atoms with Gasteiger partial charge in [-0.3, -0.25) is 0 Å². The molecule has 0 spiro atoms. The zero-order chi connectivity index (χ0) is 33.9. The minimum absolute atomic E-state index is 0.133. The molecule has 7 aromatic rings. The van der Waals surface area contributed by atoms with Crippen molar-refractivity contribution >= 4 is 60.1 Å². The van der Waals surface area contributed by atoms with Crippen LogP contribution in [0, 0.1) is 0 Å². The summed E-state index contributed by atoms with van der Waals surface area (Å²) in [5.74, 6) is 1.58. The molecule has 0 radical (unpaired) electrons. The van der Waals surface area contributed by atoms with E-state index in [1.807, 2.05) is 23.5 Å². The van der Waals surface area contributed by atoms with Crippen molar-refractivity contribution in [3.8, 4) is 0 Å². The number of hydrogen-bond donors (Lipinski definition) is 1. The fraction of sp³-hybridized carbons (Fsp3) is 0.0870. The summed E-state index contributed by atoms with van der Waals surface area (Å²) in [7, 11) is 0. The van der Waals surface area contributed by atoms with Gasteiger partial charge in [-0.05, 0) is 78.1 Å². The maximum absolute atomic E-state index is 5.20. The fourth-order valence-electron chi connectivity index (χ4n) is 8.06. The summed E-state index contributed by atoms with van der Waals surface area (Å²) in [6, 6.07) is 54.0. The van der Waals surface area contributed by atoms with Crippen molar-refractivity contribution in [2.24, 2.45) is 9.98 Å².